The summed E-state index contributed by atoms with van der Waals surface area (Å²) in [7, 11) is 0. The third-order valence-electron chi connectivity index (χ3n) is 6.34. The molecule has 1 fully saturated rings. The Morgan fingerprint density at radius 1 is 1.14 bits per heavy atom. The van der Waals surface area contributed by atoms with Gasteiger partial charge in [-0.15, -0.1) is 0 Å². The Morgan fingerprint density at radius 3 is 2.66 bits per heavy atom. The summed E-state index contributed by atoms with van der Waals surface area (Å²) in [6.45, 7) is 4.84. The second kappa shape index (κ2) is 10.1. The van der Waals surface area contributed by atoms with Crippen LogP contribution in [0.15, 0.2) is 76.3 Å². The van der Waals surface area contributed by atoms with Crippen molar-refractivity contribution in [1.29, 1.82) is 0 Å². The number of carbonyl (C=O) groups is 2. The lowest BCUT2D eigenvalue weighted by molar-refractivity contribution is -0.139. The van der Waals surface area contributed by atoms with Crippen molar-refractivity contribution in [2.24, 2.45) is 10.9 Å². The average molecular weight is 488 g/mol. The predicted octanol–water partition coefficient (Wildman–Crippen LogP) is 5.19. The number of rotatable bonds is 8. The Hall–Kier alpha value is -3.32. The molecule has 2 aromatic rings. The summed E-state index contributed by atoms with van der Waals surface area (Å²) >= 11 is 1.49. The molecule has 1 aliphatic carbocycles. The predicted molar refractivity (Wildman–Crippen MR) is 139 cm³/mol. The zero-order valence-electron chi connectivity index (χ0n) is 20.0. The molecule has 1 N–H and O–H groups in total. The Bertz CT molecular complexity index is 1230. The van der Waals surface area contributed by atoms with Crippen LogP contribution >= 0.6 is 11.8 Å². The first kappa shape index (κ1) is 23.4. The van der Waals surface area contributed by atoms with E-state index >= 15 is 0 Å². The van der Waals surface area contributed by atoms with E-state index in [1.54, 1.807) is 6.92 Å². The highest BCUT2D eigenvalue weighted by atomic mass is 32.2. The third-order valence-corrected chi connectivity index (χ3v) is 7.23. The van der Waals surface area contributed by atoms with Crippen LogP contribution in [0.2, 0.25) is 0 Å². The van der Waals surface area contributed by atoms with Crippen LogP contribution in [-0.2, 0) is 14.3 Å². The molecule has 1 atom stereocenters. The van der Waals surface area contributed by atoms with E-state index in [1.165, 1.54) is 24.6 Å². The molecule has 0 bridgehead atoms. The minimum Gasteiger partial charge on any atom is -0.463 e. The highest BCUT2D eigenvalue weighted by Gasteiger charge is 2.42. The van der Waals surface area contributed by atoms with Crippen LogP contribution in [0.1, 0.15) is 48.9 Å². The minimum atomic E-state index is -0.450. The molecule has 1 saturated carbocycles. The van der Waals surface area contributed by atoms with Gasteiger partial charge >= 0.3 is 5.97 Å². The first-order valence-electron chi connectivity index (χ1n) is 12.1. The lowest BCUT2D eigenvalue weighted by Gasteiger charge is -2.37. The van der Waals surface area contributed by atoms with Crippen molar-refractivity contribution in [1.82, 2.24) is 10.2 Å². The number of aryl methyl sites for hydroxylation is 1. The fourth-order valence-corrected chi connectivity index (χ4v) is 5.37. The lowest BCUT2D eigenvalue weighted by atomic mass is 9.90. The van der Waals surface area contributed by atoms with Gasteiger partial charge < -0.3 is 15.0 Å². The molecule has 0 radical (unpaired) electrons. The van der Waals surface area contributed by atoms with Gasteiger partial charge in [0.2, 0.25) is 5.91 Å². The molecule has 5 rings (SSSR count). The number of fused-ring (bicyclic) bond motifs is 1. The van der Waals surface area contributed by atoms with E-state index in [-0.39, 0.29) is 18.9 Å². The minimum absolute atomic E-state index is 0.0106. The van der Waals surface area contributed by atoms with Gasteiger partial charge in [-0.3, -0.25) is 4.79 Å². The second-order valence-electron chi connectivity index (χ2n) is 9.08. The number of ether oxygens (including phenoxy) is 1. The van der Waals surface area contributed by atoms with E-state index in [4.69, 9.17) is 9.73 Å². The van der Waals surface area contributed by atoms with E-state index in [0.717, 1.165) is 34.1 Å². The summed E-state index contributed by atoms with van der Waals surface area (Å²) in [6.07, 6.45) is 2.61. The van der Waals surface area contributed by atoms with E-state index in [9.17, 15) is 9.59 Å². The summed E-state index contributed by atoms with van der Waals surface area (Å²) < 4.78 is 5.55. The molecular formula is C28H29N3O3S. The maximum Gasteiger partial charge on any atom is 0.338 e. The van der Waals surface area contributed by atoms with Crippen LogP contribution in [0.3, 0.4) is 0 Å². The normalized spacial score (nSPS) is 19.1. The van der Waals surface area contributed by atoms with Crippen molar-refractivity contribution in [3.63, 3.8) is 0 Å². The topological polar surface area (TPSA) is 71.0 Å². The molecule has 35 heavy (non-hydrogen) atoms. The zero-order chi connectivity index (χ0) is 24.4. The molecule has 0 unspecified atom stereocenters. The van der Waals surface area contributed by atoms with Gasteiger partial charge in [0.1, 0.15) is 0 Å². The number of thioether (sulfide) groups is 1. The van der Waals surface area contributed by atoms with Crippen LogP contribution in [0.25, 0.3) is 5.70 Å². The fraction of sp³-hybridized carbons (Fsp3) is 0.321. The molecule has 2 aliphatic heterocycles. The number of hydrogen-bond donors (Lipinski definition) is 1. The molecule has 2 aromatic carbocycles. The van der Waals surface area contributed by atoms with E-state index < -0.39 is 12.0 Å². The highest BCUT2D eigenvalue weighted by Crippen LogP contribution is 2.47. The summed E-state index contributed by atoms with van der Waals surface area (Å²) in [5.74, 6) is 0.212. The van der Waals surface area contributed by atoms with Crippen molar-refractivity contribution in [2.75, 3.05) is 13.2 Å². The van der Waals surface area contributed by atoms with Crippen LogP contribution < -0.4 is 5.32 Å². The molecule has 7 heteroatoms. The number of nitrogens with one attached hydrogen (secondary N) is 1. The molecule has 180 valence electrons. The van der Waals surface area contributed by atoms with Gasteiger partial charge in [0.15, 0.2) is 5.17 Å². The van der Waals surface area contributed by atoms with Gasteiger partial charge in [0.05, 0.1) is 30.3 Å². The number of hydrogen-bond acceptors (Lipinski definition) is 6. The summed E-state index contributed by atoms with van der Waals surface area (Å²) in [5, 5.41) is 5.80. The summed E-state index contributed by atoms with van der Waals surface area (Å²) in [6, 6.07) is 17.4. The quantitative estimate of drug-likeness (QED) is 0.519. The summed E-state index contributed by atoms with van der Waals surface area (Å²) in [5.41, 5.74) is 4.84. The Balaban J connectivity index is 1.59. The van der Waals surface area contributed by atoms with Gasteiger partial charge in [0, 0.05) is 17.8 Å². The Kier molecular flexibility index (Phi) is 6.77. The van der Waals surface area contributed by atoms with E-state index in [1.807, 2.05) is 65.8 Å². The Labute approximate surface area is 210 Å². The number of esters is 1. The number of benzene rings is 2. The smallest absolute Gasteiger partial charge is 0.338 e. The third kappa shape index (κ3) is 5.05. The first-order chi connectivity index (χ1) is 17.0. The van der Waals surface area contributed by atoms with Crippen molar-refractivity contribution < 1.29 is 14.3 Å². The second-order valence-corrected chi connectivity index (χ2v) is 9.92. The zero-order valence-corrected chi connectivity index (χ0v) is 20.8. The van der Waals surface area contributed by atoms with Crippen molar-refractivity contribution in [3.8, 4) is 0 Å². The van der Waals surface area contributed by atoms with Gasteiger partial charge in [0.25, 0.3) is 0 Å². The van der Waals surface area contributed by atoms with E-state index in [0.29, 0.717) is 17.2 Å². The number of amides is 1. The van der Waals surface area contributed by atoms with E-state index in [2.05, 4.69) is 11.4 Å². The SMILES string of the molecule is CCOC(=O)C1=C(c2ccccc2)N=C2SC=C(CC(=O)NCC3CC3)N2[C@@H]1c1cccc(C)c1. The lowest BCUT2D eigenvalue weighted by Crippen LogP contribution is -2.38. The number of nitrogens with zero attached hydrogens (tertiary/aromatic N) is 2. The number of amidine groups is 1. The standard InChI is InChI=1S/C28H29N3O3S/c1-3-34-27(33)24-25(20-9-5-4-6-10-20)30-28-31(26(24)21-11-7-8-18(2)14-21)22(17-35-28)15-23(32)29-16-19-12-13-19/h4-11,14,17,19,26H,3,12-13,15-16H2,1-2H3,(H,29,32)/t26-/m1/s1. The van der Waals surface area contributed by atoms with Crippen LogP contribution in [0.5, 0.6) is 0 Å². The molecular weight excluding hydrogens is 458 g/mol. The molecule has 0 spiro atoms. The molecule has 3 aliphatic rings. The monoisotopic (exact) mass is 487 g/mol. The van der Waals surface area contributed by atoms with Gasteiger partial charge in [-0.05, 0) is 43.6 Å². The van der Waals surface area contributed by atoms with Crippen molar-refractivity contribution in [3.05, 3.63) is 88.0 Å². The molecule has 1 amide bonds. The number of carbonyl (C=O) groups excluding carboxylic acids is 2. The first-order valence-corrected chi connectivity index (χ1v) is 13.0. The molecule has 2 heterocycles. The number of aliphatic imine (C=N–C) groups is 1. The van der Waals surface area contributed by atoms with Crippen LogP contribution in [0, 0.1) is 12.8 Å². The van der Waals surface area contributed by atoms with Gasteiger partial charge in [-0.2, -0.15) is 0 Å². The maximum atomic E-state index is 13.5. The van der Waals surface area contributed by atoms with Gasteiger partial charge in [-0.25, -0.2) is 9.79 Å². The van der Waals surface area contributed by atoms with Crippen LogP contribution in [0.4, 0.5) is 0 Å². The molecule has 6 nitrogen and oxygen atoms in total. The average Bonchev–Trinajstić information content (AvgIpc) is 3.62. The van der Waals surface area contributed by atoms with Crippen LogP contribution in [-0.4, -0.2) is 35.1 Å². The van der Waals surface area contributed by atoms with Crippen molar-refractivity contribution in [2.45, 2.75) is 39.2 Å². The Morgan fingerprint density at radius 2 is 1.94 bits per heavy atom. The highest BCUT2D eigenvalue weighted by molar-refractivity contribution is 8.16. The largest absolute Gasteiger partial charge is 0.463 e. The van der Waals surface area contributed by atoms with Gasteiger partial charge in [-0.1, -0.05) is 71.9 Å². The molecule has 0 saturated heterocycles. The maximum absolute atomic E-state index is 13.5. The molecule has 0 aromatic heterocycles. The fourth-order valence-electron chi connectivity index (χ4n) is 4.45. The summed E-state index contributed by atoms with van der Waals surface area (Å²) in [4.78, 5) is 33.2. The van der Waals surface area contributed by atoms with Crippen molar-refractivity contribution >= 4 is 34.5 Å².